The van der Waals surface area contributed by atoms with Gasteiger partial charge in [-0.25, -0.2) is 0 Å². The summed E-state index contributed by atoms with van der Waals surface area (Å²) < 4.78 is 1.91. The third-order valence-corrected chi connectivity index (χ3v) is 3.22. The summed E-state index contributed by atoms with van der Waals surface area (Å²) >= 11 is 1.55. The molecular weight excluding hydrogens is 158 g/mol. The van der Waals surface area contributed by atoms with Crippen molar-refractivity contribution in [2.75, 3.05) is 0 Å². The van der Waals surface area contributed by atoms with E-state index in [0.29, 0.717) is 6.04 Å². The Morgan fingerprint density at radius 2 is 2.18 bits per heavy atom. The van der Waals surface area contributed by atoms with Crippen LogP contribution in [0.2, 0.25) is 0 Å². The van der Waals surface area contributed by atoms with E-state index in [0.717, 1.165) is 0 Å². The van der Waals surface area contributed by atoms with E-state index in [-0.39, 0.29) is 5.56 Å². The molecule has 0 aromatic carbocycles. The lowest BCUT2D eigenvalue weighted by Gasteiger charge is -2.07. The third kappa shape index (κ3) is 1.25. The smallest absolute Gasteiger partial charge is 0.260 e. The number of rotatable bonds is 1. The maximum Gasteiger partial charge on any atom is 0.260 e. The Hall–Kier alpha value is -0.570. The second kappa shape index (κ2) is 2.81. The zero-order valence-electron chi connectivity index (χ0n) is 6.32. The highest BCUT2D eigenvalue weighted by atomic mass is 32.1. The summed E-state index contributed by atoms with van der Waals surface area (Å²) in [6, 6.07) is 2.17. The van der Waals surface area contributed by atoms with Gasteiger partial charge in [0.2, 0.25) is 0 Å². The molecule has 1 aromatic rings. The Kier molecular flexibility index (Phi) is 1.82. The fraction of sp³-hybridized carbons (Fsp3) is 0.625. The molecule has 60 valence electrons. The van der Waals surface area contributed by atoms with E-state index in [2.05, 4.69) is 0 Å². The van der Waals surface area contributed by atoms with Crippen LogP contribution in [0.15, 0.2) is 16.2 Å². The van der Waals surface area contributed by atoms with Gasteiger partial charge in [0.05, 0.1) is 0 Å². The molecule has 1 heterocycles. The molecule has 0 unspecified atom stereocenters. The average molecular weight is 169 g/mol. The minimum atomic E-state index is 0.182. The summed E-state index contributed by atoms with van der Waals surface area (Å²) in [4.78, 5) is 11.2. The zero-order chi connectivity index (χ0) is 7.68. The Balaban J connectivity index is 2.28. The molecular formula is C8H11NOS. The predicted molar refractivity (Wildman–Crippen MR) is 46.1 cm³/mol. The van der Waals surface area contributed by atoms with Crippen LogP contribution >= 0.6 is 11.5 Å². The van der Waals surface area contributed by atoms with Crippen molar-refractivity contribution >= 4 is 11.5 Å². The molecule has 1 saturated carbocycles. The molecule has 0 saturated heterocycles. The first-order valence-electron chi connectivity index (χ1n) is 4.04. The maximum atomic E-state index is 11.2. The van der Waals surface area contributed by atoms with E-state index in [9.17, 15) is 4.79 Å². The quantitative estimate of drug-likeness (QED) is 0.630. The molecule has 0 aliphatic heterocycles. The number of nitrogens with zero attached hydrogens (tertiary/aromatic N) is 1. The highest BCUT2D eigenvalue weighted by Crippen LogP contribution is 2.29. The minimum Gasteiger partial charge on any atom is -0.268 e. The first-order chi connectivity index (χ1) is 5.38. The molecule has 2 nitrogen and oxygen atoms in total. The van der Waals surface area contributed by atoms with Gasteiger partial charge in [-0.2, -0.15) is 0 Å². The van der Waals surface area contributed by atoms with E-state index >= 15 is 0 Å². The van der Waals surface area contributed by atoms with Crippen molar-refractivity contribution in [3.63, 3.8) is 0 Å². The van der Waals surface area contributed by atoms with Crippen LogP contribution in [0, 0.1) is 0 Å². The predicted octanol–water partition coefficient (Wildman–Crippen LogP) is 2.02. The summed E-state index contributed by atoms with van der Waals surface area (Å²) in [6.07, 6.45) is 4.96. The fourth-order valence-electron chi connectivity index (χ4n) is 1.68. The van der Waals surface area contributed by atoms with Crippen molar-refractivity contribution in [2.24, 2.45) is 0 Å². The van der Waals surface area contributed by atoms with Gasteiger partial charge in [0.25, 0.3) is 5.56 Å². The molecule has 1 aliphatic rings. The van der Waals surface area contributed by atoms with Crippen LogP contribution < -0.4 is 5.56 Å². The Morgan fingerprint density at radius 1 is 1.45 bits per heavy atom. The van der Waals surface area contributed by atoms with Gasteiger partial charge in [-0.15, -0.1) is 0 Å². The highest BCUT2D eigenvalue weighted by molar-refractivity contribution is 7.04. The van der Waals surface area contributed by atoms with Crippen molar-refractivity contribution < 1.29 is 0 Å². The zero-order valence-corrected chi connectivity index (χ0v) is 7.14. The van der Waals surface area contributed by atoms with Crippen molar-refractivity contribution in [1.82, 2.24) is 3.96 Å². The molecule has 2 rings (SSSR count). The van der Waals surface area contributed by atoms with E-state index in [4.69, 9.17) is 0 Å². The molecule has 1 fully saturated rings. The molecule has 0 N–H and O–H groups in total. The Bertz CT molecular complexity index is 282. The number of hydrogen-bond acceptors (Lipinski definition) is 2. The van der Waals surface area contributed by atoms with Crippen LogP contribution in [0.1, 0.15) is 31.7 Å². The molecule has 11 heavy (non-hydrogen) atoms. The van der Waals surface area contributed by atoms with Crippen LogP contribution in [-0.4, -0.2) is 3.96 Å². The van der Waals surface area contributed by atoms with Crippen LogP contribution in [0.4, 0.5) is 0 Å². The van der Waals surface area contributed by atoms with Gasteiger partial charge in [0.15, 0.2) is 0 Å². The first-order valence-corrected chi connectivity index (χ1v) is 4.88. The lowest BCUT2D eigenvalue weighted by Crippen LogP contribution is -2.15. The molecule has 1 aromatic heterocycles. The Labute approximate surface area is 69.6 Å². The molecule has 0 bridgehead atoms. The maximum absolute atomic E-state index is 11.2. The topological polar surface area (TPSA) is 22.0 Å². The second-order valence-electron chi connectivity index (χ2n) is 3.01. The van der Waals surface area contributed by atoms with E-state index < -0.39 is 0 Å². The number of aromatic nitrogens is 1. The number of hydrogen-bond donors (Lipinski definition) is 0. The third-order valence-electron chi connectivity index (χ3n) is 2.26. The van der Waals surface area contributed by atoms with Crippen LogP contribution in [0.25, 0.3) is 0 Å². The normalized spacial score (nSPS) is 19.3. The molecule has 0 spiro atoms. The van der Waals surface area contributed by atoms with Gasteiger partial charge in [-0.05, 0) is 12.8 Å². The SMILES string of the molecule is O=c1ccsn1C1CCCC1. The van der Waals surface area contributed by atoms with Gasteiger partial charge in [0, 0.05) is 17.5 Å². The average Bonchev–Trinajstić information content (AvgIpc) is 2.55. The van der Waals surface area contributed by atoms with Gasteiger partial charge < -0.3 is 0 Å². The standard InChI is InChI=1S/C8H11NOS/c10-8-5-6-11-9(8)7-3-1-2-4-7/h5-7H,1-4H2. The molecule has 0 atom stereocenters. The van der Waals surface area contributed by atoms with Gasteiger partial charge in [-0.1, -0.05) is 24.4 Å². The lowest BCUT2D eigenvalue weighted by atomic mass is 10.3. The van der Waals surface area contributed by atoms with Crippen molar-refractivity contribution in [3.8, 4) is 0 Å². The van der Waals surface area contributed by atoms with E-state index in [1.54, 1.807) is 17.6 Å². The van der Waals surface area contributed by atoms with Gasteiger partial charge in [0.1, 0.15) is 0 Å². The Morgan fingerprint density at radius 3 is 2.73 bits per heavy atom. The summed E-state index contributed by atoms with van der Waals surface area (Å²) in [6.45, 7) is 0. The van der Waals surface area contributed by atoms with Crippen molar-refractivity contribution in [1.29, 1.82) is 0 Å². The van der Waals surface area contributed by atoms with Crippen molar-refractivity contribution in [2.45, 2.75) is 31.7 Å². The summed E-state index contributed by atoms with van der Waals surface area (Å²) in [5, 5.41) is 1.88. The van der Waals surface area contributed by atoms with Gasteiger partial charge >= 0.3 is 0 Å². The van der Waals surface area contributed by atoms with Crippen molar-refractivity contribution in [3.05, 3.63) is 21.8 Å². The monoisotopic (exact) mass is 169 g/mol. The second-order valence-corrected chi connectivity index (χ2v) is 3.89. The fourth-order valence-corrected chi connectivity index (χ4v) is 2.54. The van der Waals surface area contributed by atoms with E-state index in [1.165, 1.54) is 25.7 Å². The summed E-state index contributed by atoms with van der Waals surface area (Å²) in [5.41, 5.74) is 0.182. The molecule has 0 amide bonds. The molecule has 0 radical (unpaired) electrons. The largest absolute Gasteiger partial charge is 0.268 e. The van der Waals surface area contributed by atoms with Crippen LogP contribution in [-0.2, 0) is 0 Å². The van der Waals surface area contributed by atoms with Crippen LogP contribution in [0.5, 0.6) is 0 Å². The minimum absolute atomic E-state index is 0.182. The summed E-state index contributed by atoms with van der Waals surface area (Å²) in [7, 11) is 0. The lowest BCUT2D eigenvalue weighted by molar-refractivity contribution is 0.544. The highest BCUT2D eigenvalue weighted by Gasteiger charge is 2.17. The summed E-state index contributed by atoms with van der Waals surface area (Å²) in [5.74, 6) is 0. The van der Waals surface area contributed by atoms with Crippen LogP contribution in [0.3, 0.4) is 0 Å². The molecule has 3 heteroatoms. The van der Waals surface area contributed by atoms with Gasteiger partial charge in [-0.3, -0.25) is 8.75 Å². The molecule has 1 aliphatic carbocycles. The first kappa shape index (κ1) is 7.10. The van der Waals surface area contributed by atoms with E-state index in [1.807, 2.05) is 9.34 Å².